The van der Waals surface area contributed by atoms with Crippen LogP contribution in [-0.2, 0) is 35.0 Å². The van der Waals surface area contributed by atoms with Gasteiger partial charge in [-0.3, -0.25) is 29.3 Å². The highest BCUT2D eigenvalue weighted by Crippen LogP contribution is 2.47. The third-order valence-electron chi connectivity index (χ3n) is 7.09. The molecule has 1 fully saturated rings. The molecule has 1 unspecified atom stereocenters. The van der Waals surface area contributed by atoms with Crippen molar-refractivity contribution in [1.29, 1.82) is 0 Å². The standard InChI is InChI=1S/C26H40N4O9SSi/c1-18(24(34)28-14-22(31)27-15-23(32)33)40-17-21(41(5,26(2,3)4)39-29-12-6-7-13-29)25(35)38-16-19-8-10-20(11-9-19)30(36)37/h8-11,18,21H,6-7,12-17H2,1-5H3,(H,27,31)(H,28,34)(H,32,33)/t18-,21+,41?/m0/s1. The van der Waals surface area contributed by atoms with E-state index in [9.17, 15) is 29.3 Å². The minimum Gasteiger partial charge on any atom is -0.480 e. The van der Waals surface area contributed by atoms with Crippen LogP contribution in [0.25, 0.3) is 0 Å². The average molecular weight is 613 g/mol. The molecule has 13 nitrogen and oxygen atoms in total. The van der Waals surface area contributed by atoms with Gasteiger partial charge in [0.1, 0.15) is 13.2 Å². The van der Waals surface area contributed by atoms with Crippen molar-refractivity contribution in [3.05, 3.63) is 39.9 Å². The van der Waals surface area contributed by atoms with E-state index in [1.807, 2.05) is 32.4 Å². The Hall–Kier alpha value is -3.01. The first-order valence-electron chi connectivity index (χ1n) is 13.4. The van der Waals surface area contributed by atoms with Gasteiger partial charge < -0.3 is 25.0 Å². The van der Waals surface area contributed by atoms with Gasteiger partial charge in [0, 0.05) is 31.0 Å². The first kappa shape index (κ1) is 34.2. The summed E-state index contributed by atoms with van der Waals surface area (Å²) < 4.78 is 12.4. The van der Waals surface area contributed by atoms with Crippen LogP contribution in [0, 0.1) is 10.1 Å². The molecule has 1 aromatic rings. The number of aliphatic carboxylic acids is 1. The van der Waals surface area contributed by atoms with Crippen LogP contribution in [0.4, 0.5) is 5.69 Å². The van der Waals surface area contributed by atoms with Crippen LogP contribution in [0.1, 0.15) is 46.1 Å². The van der Waals surface area contributed by atoms with Gasteiger partial charge in [0.25, 0.3) is 5.69 Å². The molecule has 1 aliphatic rings. The quantitative estimate of drug-likeness (QED) is 0.115. The highest BCUT2D eigenvalue weighted by atomic mass is 32.2. The number of nitrogens with one attached hydrogen (secondary N) is 2. The summed E-state index contributed by atoms with van der Waals surface area (Å²) in [6.07, 6.45) is 1.99. The van der Waals surface area contributed by atoms with Crippen molar-refractivity contribution in [1.82, 2.24) is 15.7 Å². The number of esters is 1. The summed E-state index contributed by atoms with van der Waals surface area (Å²) >= 11 is 1.24. The Morgan fingerprint density at radius 1 is 1.12 bits per heavy atom. The Labute approximate surface area is 244 Å². The molecule has 3 atom stereocenters. The molecule has 0 aromatic heterocycles. The van der Waals surface area contributed by atoms with Gasteiger partial charge in [0.15, 0.2) is 0 Å². The topological polar surface area (TPSA) is 177 Å². The number of amides is 2. The summed E-state index contributed by atoms with van der Waals surface area (Å²) in [7, 11) is -2.94. The van der Waals surface area contributed by atoms with E-state index in [1.165, 1.54) is 36.0 Å². The summed E-state index contributed by atoms with van der Waals surface area (Å²) in [6.45, 7) is 10.3. The van der Waals surface area contributed by atoms with Gasteiger partial charge in [-0.15, -0.1) is 11.8 Å². The lowest BCUT2D eigenvalue weighted by molar-refractivity contribution is -0.384. The Morgan fingerprint density at radius 2 is 1.73 bits per heavy atom. The van der Waals surface area contributed by atoms with Crippen LogP contribution in [-0.4, -0.2) is 84.3 Å². The second-order valence-electron chi connectivity index (χ2n) is 11.0. The van der Waals surface area contributed by atoms with Crippen LogP contribution in [0.3, 0.4) is 0 Å². The molecule has 228 valence electrons. The molecule has 1 heterocycles. The van der Waals surface area contributed by atoms with Crippen LogP contribution in [0.15, 0.2) is 24.3 Å². The maximum absolute atomic E-state index is 13.7. The predicted molar refractivity (Wildman–Crippen MR) is 155 cm³/mol. The van der Waals surface area contributed by atoms with Gasteiger partial charge in [0.2, 0.25) is 20.1 Å². The van der Waals surface area contributed by atoms with E-state index in [1.54, 1.807) is 6.92 Å². The van der Waals surface area contributed by atoms with Crippen molar-refractivity contribution in [2.45, 2.75) is 69.5 Å². The molecular formula is C26H40N4O9SSi. The van der Waals surface area contributed by atoms with Crippen LogP contribution >= 0.6 is 11.8 Å². The molecular weight excluding hydrogens is 572 g/mol. The number of non-ortho nitro benzene ring substituents is 1. The Kier molecular flexibility index (Phi) is 12.7. The number of hydrogen-bond acceptors (Lipinski definition) is 10. The fraction of sp³-hybridized carbons (Fsp3) is 0.615. The maximum atomic E-state index is 13.7. The lowest BCUT2D eigenvalue weighted by atomic mass is 10.2. The third-order valence-corrected chi connectivity index (χ3v) is 14.0. The number of nitrogens with zero attached hydrogens (tertiary/aromatic N) is 2. The summed E-state index contributed by atoms with van der Waals surface area (Å²) in [5, 5.41) is 25.2. The van der Waals surface area contributed by atoms with Gasteiger partial charge in [-0.05, 0) is 49.0 Å². The van der Waals surface area contributed by atoms with E-state index < -0.39 is 54.3 Å². The highest BCUT2D eigenvalue weighted by molar-refractivity contribution is 8.00. The molecule has 2 rings (SSSR count). The van der Waals surface area contributed by atoms with Crippen molar-refractivity contribution in [2.24, 2.45) is 0 Å². The number of benzene rings is 1. The second-order valence-corrected chi connectivity index (χ2v) is 17.0. The number of thioether (sulfide) groups is 1. The molecule has 0 radical (unpaired) electrons. The summed E-state index contributed by atoms with van der Waals surface area (Å²) in [5.41, 5.74) is -0.128. The SMILES string of the molecule is C[C@H](SC[C@H](C(=O)OCc1ccc([N+](=O)[O-])cc1)[Si](C)(ON1CCCC1)C(C)(C)C)C(=O)NCC(=O)NCC(=O)O. The second kappa shape index (κ2) is 15.3. The normalized spacial score (nSPS) is 16.7. The number of hydroxylamine groups is 2. The van der Waals surface area contributed by atoms with E-state index in [0.717, 1.165) is 25.9 Å². The minimum absolute atomic E-state index is 0.0623. The molecule has 0 saturated carbocycles. The van der Waals surface area contributed by atoms with Gasteiger partial charge >= 0.3 is 11.9 Å². The zero-order chi connectivity index (χ0) is 30.8. The Bertz CT molecular complexity index is 1090. The number of carbonyl (C=O) groups excluding carboxylic acids is 3. The molecule has 1 aromatic carbocycles. The number of hydrogen-bond donors (Lipinski definition) is 3. The van der Waals surface area contributed by atoms with Crippen LogP contribution in [0.2, 0.25) is 17.1 Å². The molecule has 0 spiro atoms. The average Bonchev–Trinajstić information content (AvgIpc) is 3.41. The predicted octanol–water partition coefficient (Wildman–Crippen LogP) is 2.85. The molecule has 0 bridgehead atoms. The molecule has 1 aliphatic heterocycles. The number of carbonyl (C=O) groups is 4. The van der Waals surface area contributed by atoms with E-state index in [-0.39, 0.29) is 29.6 Å². The molecule has 3 N–H and O–H groups in total. The van der Waals surface area contributed by atoms with Crippen LogP contribution in [0.5, 0.6) is 0 Å². The lowest BCUT2D eigenvalue weighted by Crippen LogP contribution is -2.55. The number of carboxylic acid groups (broad SMARTS) is 1. The first-order chi connectivity index (χ1) is 19.1. The molecule has 41 heavy (non-hydrogen) atoms. The van der Waals surface area contributed by atoms with Gasteiger partial charge in [-0.2, -0.15) is 0 Å². The third kappa shape index (κ3) is 10.4. The van der Waals surface area contributed by atoms with Gasteiger partial charge in [-0.1, -0.05) is 20.8 Å². The number of nitro groups is 1. The van der Waals surface area contributed by atoms with E-state index >= 15 is 0 Å². The minimum atomic E-state index is -2.94. The maximum Gasteiger partial charge on any atom is 0.322 e. The zero-order valence-corrected chi connectivity index (χ0v) is 26.0. The van der Waals surface area contributed by atoms with E-state index in [2.05, 4.69) is 10.6 Å². The molecule has 2 amide bonds. The molecule has 1 saturated heterocycles. The van der Waals surface area contributed by atoms with Crippen molar-refractivity contribution in [2.75, 3.05) is 31.9 Å². The fourth-order valence-corrected chi connectivity index (χ4v) is 9.17. The first-order valence-corrected chi connectivity index (χ1v) is 16.9. The Morgan fingerprint density at radius 3 is 2.27 bits per heavy atom. The van der Waals surface area contributed by atoms with E-state index in [0.29, 0.717) is 5.56 Å². The van der Waals surface area contributed by atoms with Crippen LogP contribution < -0.4 is 10.6 Å². The number of nitro benzene ring substituents is 1. The Balaban J connectivity index is 2.16. The monoisotopic (exact) mass is 612 g/mol. The van der Waals surface area contributed by atoms with Crippen molar-refractivity contribution in [3.8, 4) is 0 Å². The summed E-state index contributed by atoms with van der Waals surface area (Å²) in [6, 6.07) is 5.77. The number of ether oxygens (including phenoxy) is 1. The number of carboxylic acids is 1. The van der Waals surface area contributed by atoms with Gasteiger partial charge in [0.05, 0.1) is 22.3 Å². The summed E-state index contributed by atoms with van der Waals surface area (Å²) in [4.78, 5) is 59.2. The summed E-state index contributed by atoms with van der Waals surface area (Å²) in [5.74, 6) is -2.50. The number of rotatable bonds is 15. The smallest absolute Gasteiger partial charge is 0.322 e. The fourth-order valence-electron chi connectivity index (χ4n) is 4.06. The zero-order valence-electron chi connectivity index (χ0n) is 24.1. The van der Waals surface area contributed by atoms with Crippen molar-refractivity contribution >= 4 is 49.5 Å². The van der Waals surface area contributed by atoms with Crippen molar-refractivity contribution in [3.63, 3.8) is 0 Å². The molecule has 0 aliphatic carbocycles. The molecule has 15 heteroatoms. The lowest BCUT2D eigenvalue weighted by Gasteiger charge is -2.45. The van der Waals surface area contributed by atoms with Crippen molar-refractivity contribution < 1.29 is 38.5 Å². The van der Waals surface area contributed by atoms with E-state index in [4.69, 9.17) is 14.4 Å². The highest BCUT2D eigenvalue weighted by Gasteiger charge is 2.54. The van der Waals surface area contributed by atoms with Gasteiger partial charge in [-0.25, -0.2) is 5.06 Å². The largest absolute Gasteiger partial charge is 0.480 e.